The number of nitrogens with one attached hydrogen (secondary N) is 1. The van der Waals surface area contributed by atoms with E-state index in [2.05, 4.69) is 10.5 Å². The van der Waals surface area contributed by atoms with Crippen LogP contribution in [-0.4, -0.2) is 11.1 Å². The van der Waals surface area contributed by atoms with Crippen LogP contribution in [0.15, 0.2) is 43.9 Å². The maximum absolute atomic E-state index is 12.0. The van der Waals surface area contributed by atoms with Gasteiger partial charge in [0.05, 0.1) is 6.26 Å². The van der Waals surface area contributed by atoms with Crippen LogP contribution in [-0.2, 0) is 6.54 Å². The summed E-state index contributed by atoms with van der Waals surface area (Å²) in [6.07, 6.45) is 1.53. The number of hydrogen-bond donors (Lipinski definition) is 1. The molecular weight excluding hydrogens is 272 g/mol. The Labute approximate surface area is 120 Å². The number of aromatic nitrogens is 1. The summed E-state index contributed by atoms with van der Waals surface area (Å²) in [7, 11) is 0. The van der Waals surface area contributed by atoms with Gasteiger partial charge in [0.1, 0.15) is 11.5 Å². The van der Waals surface area contributed by atoms with E-state index >= 15 is 0 Å². The summed E-state index contributed by atoms with van der Waals surface area (Å²) < 4.78 is 15.7. The van der Waals surface area contributed by atoms with Gasteiger partial charge in [-0.1, -0.05) is 5.16 Å². The van der Waals surface area contributed by atoms with Crippen LogP contribution in [0.25, 0.3) is 11.5 Å². The average molecular weight is 286 g/mol. The molecule has 3 aromatic rings. The molecule has 0 atom stereocenters. The molecule has 6 heteroatoms. The third-order valence-corrected chi connectivity index (χ3v) is 3.09. The molecule has 21 heavy (non-hydrogen) atoms. The molecule has 0 saturated heterocycles. The highest BCUT2D eigenvalue weighted by molar-refractivity contribution is 5.92. The summed E-state index contributed by atoms with van der Waals surface area (Å²) in [4.78, 5) is 12.0. The van der Waals surface area contributed by atoms with Crippen LogP contribution in [0, 0.1) is 13.8 Å². The molecule has 3 rings (SSSR count). The normalized spacial score (nSPS) is 10.8. The Morgan fingerprint density at radius 2 is 2.14 bits per heavy atom. The molecule has 0 radical (unpaired) electrons. The van der Waals surface area contributed by atoms with Gasteiger partial charge >= 0.3 is 0 Å². The molecular formula is C15H14N2O4. The van der Waals surface area contributed by atoms with E-state index in [9.17, 15) is 4.79 Å². The summed E-state index contributed by atoms with van der Waals surface area (Å²) >= 11 is 0. The van der Waals surface area contributed by atoms with Crippen molar-refractivity contribution >= 4 is 5.91 Å². The quantitative estimate of drug-likeness (QED) is 0.797. The van der Waals surface area contributed by atoms with Crippen LogP contribution in [0.5, 0.6) is 0 Å². The molecule has 0 aliphatic rings. The second kappa shape index (κ2) is 5.32. The Morgan fingerprint density at radius 3 is 2.81 bits per heavy atom. The first-order chi connectivity index (χ1) is 10.1. The zero-order chi connectivity index (χ0) is 14.8. The van der Waals surface area contributed by atoms with Crippen LogP contribution in [0.2, 0.25) is 0 Å². The molecule has 0 aromatic carbocycles. The van der Waals surface area contributed by atoms with E-state index in [0.29, 0.717) is 18.1 Å². The van der Waals surface area contributed by atoms with Crippen LogP contribution in [0.1, 0.15) is 27.6 Å². The molecule has 6 nitrogen and oxygen atoms in total. The van der Waals surface area contributed by atoms with E-state index in [1.165, 1.54) is 6.26 Å². The van der Waals surface area contributed by atoms with Crippen LogP contribution < -0.4 is 5.32 Å². The van der Waals surface area contributed by atoms with Gasteiger partial charge in [0, 0.05) is 18.2 Å². The van der Waals surface area contributed by atoms with Gasteiger partial charge in [0.2, 0.25) is 5.76 Å². The molecule has 0 aliphatic heterocycles. The first kappa shape index (κ1) is 13.2. The van der Waals surface area contributed by atoms with Gasteiger partial charge in [-0.15, -0.1) is 0 Å². The van der Waals surface area contributed by atoms with Crippen LogP contribution in [0.3, 0.4) is 0 Å². The van der Waals surface area contributed by atoms with Crippen molar-refractivity contribution in [2.45, 2.75) is 20.4 Å². The molecule has 0 aliphatic carbocycles. The van der Waals surface area contributed by atoms with Crippen molar-refractivity contribution in [2.24, 2.45) is 0 Å². The third-order valence-electron chi connectivity index (χ3n) is 3.09. The predicted octanol–water partition coefficient (Wildman–Crippen LogP) is 3.07. The van der Waals surface area contributed by atoms with Crippen molar-refractivity contribution in [3.05, 3.63) is 53.3 Å². The van der Waals surface area contributed by atoms with Crippen LogP contribution >= 0.6 is 0 Å². The Balaban J connectivity index is 1.67. The Bertz CT molecular complexity index is 753. The molecule has 0 unspecified atom stereocenters. The van der Waals surface area contributed by atoms with Crippen LogP contribution in [0.4, 0.5) is 0 Å². The monoisotopic (exact) mass is 286 g/mol. The summed E-state index contributed by atoms with van der Waals surface area (Å²) in [6.45, 7) is 4.11. The van der Waals surface area contributed by atoms with Gasteiger partial charge in [0.15, 0.2) is 11.5 Å². The van der Waals surface area contributed by atoms with Crippen molar-refractivity contribution in [1.29, 1.82) is 0 Å². The molecule has 1 amide bonds. The lowest BCUT2D eigenvalue weighted by Crippen LogP contribution is -2.23. The van der Waals surface area contributed by atoms with Gasteiger partial charge in [-0.3, -0.25) is 4.79 Å². The van der Waals surface area contributed by atoms with E-state index in [0.717, 1.165) is 17.1 Å². The summed E-state index contributed by atoms with van der Waals surface area (Å²) in [5.74, 6) is 2.25. The number of furan rings is 2. The molecule has 0 spiro atoms. The second-order valence-corrected chi connectivity index (χ2v) is 4.67. The lowest BCUT2D eigenvalue weighted by Gasteiger charge is -2.00. The van der Waals surface area contributed by atoms with Crippen molar-refractivity contribution in [2.75, 3.05) is 0 Å². The third kappa shape index (κ3) is 2.74. The highest BCUT2D eigenvalue weighted by atomic mass is 16.5. The van der Waals surface area contributed by atoms with Crippen molar-refractivity contribution in [3.8, 4) is 11.5 Å². The number of amides is 1. The van der Waals surface area contributed by atoms with E-state index in [-0.39, 0.29) is 11.6 Å². The number of carbonyl (C=O) groups excluding carboxylic acids is 1. The SMILES string of the molecule is Cc1cc(CNC(=O)c2cc(-c3ccco3)on2)c(C)o1. The highest BCUT2D eigenvalue weighted by Gasteiger charge is 2.15. The summed E-state index contributed by atoms with van der Waals surface area (Å²) in [5, 5.41) is 6.52. The minimum atomic E-state index is -0.310. The maximum atomic E-state index is 12.0. The fourth-order valence-electron chi connectivity index (χ4n) is 2.04. The van der Waals surface area contributed by atoms with E-state index < -0.39 is 0 Å². The number of hydrogen-bond acceptors (Lipinski definition) is 5. The molecule has 108 valence electrons. The Kier molecular flexibility index (Phi) is 3.35. The van der Waals surface area contributed by atoms with Gasteiger partial charge in [-0.25, -0.2) is 0 Å². The van der Waals surface area contributed by atoms with Gasteiger partial charge in [0.25, 0.3) is 5.91 Å². The first-order valence-electron chi connectivity index (χ1n) is 6.48. The smallest absolute Gasteiger partial charge is 0.273 e. The Hall–Kier alpha value is -2.76. The molecule has 0 fully saturated rings. The standard InChI is InChI=1S/C15H14N2O4/c1-9-6-11(10(2)20-9)8-16-15(18)12-7-14(21-17-12)13-4-3-5-19-13/h3-7H,8H2,1-2H3,(H,16,18). The lowest BCUT2D eigenvalue weighted by molar-refractivity contribution is 0.0942. The molecule has 0 saturated carbocycles. The minimum absolute atomic E-state index is 0.208. The van der Waals surface area contributed by atoms with Gasteiger partial charge in [-0.05, 0) is 32.0 Å². The van der Waals surface area contributed by atoms with Gasteiger partial charge < -0.3 is 18.7 Å². The number of nitrogens with zero attached hydrogens (tertiary/aromatic N) is 1. The molecule has 0 bridgehead atoms. The maximum Gasteiger partial charge on any atom is 0.273 e. The van der Waals surface area contributed by atoms with Crippen molar-refractivity contribution in [1.82, 2.24) is 10.5 Å². The molecule has 1 N–H and O–H groups in total. The number of carbonyl (C=O) groups is 1. The van der Waals surface area contributed by atoms with E-state index in [1.54, 1.807) is 18.2 Å². The predicted molar refractivity (Wildman–Crippen MR) is 73.6 cm³/mol. The van der Waals surface area contributed by atoms with E-state index in [4.69, 9.17) is 13.4 Å². The van der Waals surface area contributed by atoms with Crippen molar-refractivity contribution in [3.63, 3.8) is 0 Å². The average Bonchev–Trinajstić information content (AvgIpc) is 3.16. The van der Waals surface area contributed by atoms with Gasteiger partial charge in [-0.2, -0.15) is 0 Å². The first-order valence-corrected chi connectivity index (χ1v) is 6.48. The molecule has 3 heterocycles. The molecule has 3 aromatic heterocycles. The highest BCUT2D eigenvalue weighted by Crippen LogP contribution is 2.20. The fourth-order valence-corrected chi connectivity index (χ4v) is 2.04. The van der Waals surface area contributed by atoms with E-state index in [1.807, 2.05) is 19.9 Å². The summed E-state index contributed by atoms with van der Waals surface area (Å²) in [6, 6.07) is 6.91. The number of aryl methyl sites for hydroxylation is 2. The Morgan fingerprint density at radius 1 is 1.29 bits per heavy atom. The van der Waals surface area contributed by atoms with Crippen molar-refractivity contribution < 1.29 is 18.2 Å². The fraction of sp³-hybridized carbons (Fsp3) is 0.200. The minimum Gasteiger partial charge on any atom is -0.466 e. The summed E-state index contributed by atoms with van der Waals surface area (Å²) in [5.41, 5.74) is 1.15. The zero-order valence-electron chi connectivity index (χ0n) is 11.7. The topological polar surface area (TPSA) is 81.4 Å². The number of rotatable bonds is 4. The second-order valence-electron chi connectivity index (χ2n) is 4.67. The zero-order valence-corrected chi connectivity index (χ0v) is 11.7. The lowest BCUT2D eigenvalue weighted by atomic mass is 10.2. The largest absolute Gasteiger partial charge is 0.466 e.